The Bertz CT molecular complexity index is 703. The number of aryl methyl sites for hydroxylation is 1. The highest BCUT2D eigenvalue weighted by Crippen LogP contribution is 2.29. The van der Waals surface area contributed by atoms with E-state index < -0.39 is 0 Å². The molecule has 0 saturated carbocycles. The summed E-state index contributed by atoms with van der Waals surface area (Å²) in [5.74, 6) is 1.58. The first kappa shape index (κ1) is 13.3. The van der Waals surface area contributed by atoms with E-state index in [2.05, 4.69) is 51.1 Å². The molecule has 4 nitrogen and oxygen atoms in total. The summed E-state index contributed by atoms with van der Waals surface area (Å²) in [7, 11) is 1.84. The van der Waals surface area contributed by atoms with Crippen molar-refractivity contribution in [3.8, 4) is 0 Å². The first-order chi connectivity index (χ1) is 9.76. The quantitative estimate of drug-likeness (QED) is 0.753. The van der Waals surface area contributed by atoms with E-state index >= 15 is 0 Å². The van der Waals surface area contributed by atoms with E-state index in [0.717, 1.165) is 29.0 Å². The molecule has 0 aliphatic carbocycles. The van der Waals surface area contributed by atoms with Crippen LogP contribution < -0.4 is 10.6 Å². The standard InChI is InChI=1S/C14H16N4S2/c1-9-8-11-12(16-6-5-10-4-3-7-19-10)17-14(15-2)18-13(11)20-9/h3-4,7-8H,5-6H2,1-2H3,(H2,15,16,17,18). The van der Waals surface area contributed by atoms with E-state index in [9.17, 15) is 0 Å². The molecule has 0 aliphatic heterocycles. The molecule has 0 spiro atoms. The number of hydrogen-bond donors (Lipinski definition) is 2. The molecule has 3 aromatic rings. The molecule has 6 heteroatoms. The fourth-order valence-corrected chi connectivity index (χ4v) is 3.64. The van der Waals surface area contributed by atoms with Crippen molar-refractivity contribution in [3.05, 3.63) is 33.3 Å². The van der Waals surface area contributed by atoms with Crippen molar-refractivity contribution in [2.24, 2.45) is 0 Å². The minimum atomic E-state index is 0.665. The maximum Gasteiger partial charge on any atom is 0.225 e. The Balaban J connectivity index is 1.81. The van der Waals surface area contributed by atoms with Gasteiger partial charge in [0.25, 0.3) is 0 Å². The van der Waals surface area contributed by atoms with Crippen LogP contribution in [0, 0.1) is 6.92 Å². The van der Waals surface area contributed by atoms with Crippen molar-refractivity contribution in [2.75, 3.05) is 24.2 Å². The molecule has 0 saturated heterocycles. The molecule has 0 radical (unpaired) electrons. The second kappa shape index (κ2) is 5.76. The Hall–Kier alpha value is -1.66. The Morgan fingerprint density at radius 3 is 2.95 bits per heavy atom. The summed E-state index contributed by atoms with van der Waals surface area (Å²) < 4.78 is 0. The summed E-state index contributed by atoms with van der Waals surface area (Å²) in [5.41, 5.74) is 0. The molecule has 0 amide bonds. The zero-order valence-electron chi connectivity index (χ0n) is 11.4. The predicted molar refractivity (Wildman–Crippen MR) is 88.2 cm³/mol. The zero-order chi connectivity index (χ0) is 13.9. The highest BCUT2D eigenvalue weighted by molar-refractivity contribution is 7.18. The smallest absolute Gasteiger partial charge is 0.225 e. The third kappa shape index (κ3) is 2.76. The molecule has 0 aliphatic rings. The number of anilines is 2. The van der Waals surface area contributed by atoms with Gasteiger partial charge in [-0.05, 0) is 30.9 Å². The number of nitrogens with one attached hydrogen (secondary N) is 2. The van der Waals surface area contributed by atoms with Gasteiger partial charge in [0.05, 0.1) is 5.39 Å². The highest BCUT2D eigenvalue weighted by Gasteiger charge is 2.09. The van der Waals surface area contributed by atoms with Crippen LogP contribution in [0.15, 0.2) is 23.6 Å². The molecular formula is C14H16N4S2. The average Bonchev–Trinajstić information content (AvgIpc) is 3.06. The molecular weight excluding hydrogens is 288 g/mol. The van der Waals surface area contributed by atoms with Crippen molar-refractivity contribution < 1.29 is 0 Å². The van der Waals surface area contributed by atoms with Crippen LogP contribution in [0.2, 0.25) is 0 Å². The van der Waals surface area contributed by atoms with Gasteiger partial charge in [0.15, 0.2) is 0 Å². The van der Waals surface area contributed by atoms with Crippen molar-refractivity contribution in [1.29, 1.82) is 0 Å². The molecule has 3 heterocycles. The van der Waals surface area contributed by atoms with Gasteiger partial charge in [0, 0.05) is 23.3 Å². The summed E-state index contributed by atoms with van der Waals surface area (Å²) in [6, 6.07) is 6.40. The monoisotopic (exact) mass is 304 g/mol. The van der Waals surface area contributed by atoms with Crippen molar-refractivity contribution in [3.63, 3.8) is 0 Å². The number of rotatable bonds is 5. The first-order valence-electron chi connectivity index (χ1n) is 6.48. The SMILES string of the molecule is CNc1nc(NCCc2cccs2)c2cc(C)sc2n1. The van der Waals surface area contributed by atoms with Gasteiger partial charge >= 0.3 is 0 Å². The predicted octanol–water partition coefficient (Wildman–Crippen LogP) is 3.76. The van der Waals surface area contributed by atoms with Gasteiger partial charge < -0.3 is 10.6 Å². The van der Waals surface area contributed by atoms with Gasteiger partial charge in [-0.1, -0.05) is 6.07 Å². The third-order valence-electron chi connectivity index (χ3n) is 2.98. The number of aromatic nitrogens is 2. The van der Waals surface area contributed by atoms with Crippen molar-refractivity contribution in [2.45, 2.75) is 13.3 Å². The van der Waals surface area contributed by atoms with Crippen LogP contribution >= 0.6 is 22.7 Å². The van der Waals surface area contributed by atoms with Crippen LogP contribution in [0.4, 0.5) is 11.8 Å². The molecule has 20 heavy (non-hydrogen) atoms. The summed E-state index contributed by atoms with van der Waals surface area (Å²) in [4.78, 5) is 12.7. The fourth-order valence-electron chi connectivity index (χ4n) is 2.05. The van der Waals surface area contributed by atoms with Gasteiger partial charge in [-0.25, -0.2) is 4.98 Å². The minimum Gasteiger partial charge on any atom is -0.369 e. The van der Waals surface area contributed by atoms with Crippen LogP contribution in [0.5, 0.6) is 0 Å². The average molecular weight is 304 g/mol. The number of nitrogens with zero attached hydrogens (tertiary/aromatic N) is 2. The third-order valence-corrected chi connectivity index (χ3v) is 4.86. The van der Waals surface area contributed by atoms with Crippen LogP contribution in [0.1, 0.15) is 9.75 Å². The van der Waals surface area contributed by atoms with Crippen molar-refractivity contribution in [1.82, 2.24) is 9.97 Å². The van der Waals surface area contributed by atoms with Crippen LogP contribution in [-0.2, 0) is 6.42 Å². The molecule has 0 fully saturated rings. The summed E-state index contributed by atoms with van der Waals surface area (Å²) in [6.45, 7) is 2.98. The van der Waals surface area contributed by atoms with Gasteiger partial charge in [0.2, 0.25) is 5.95 Å². The molecule has 0 atom stereocenters. The molecule has 2 N–H and O–H groups in total. The number of hydrogen-bond acceptors (Lipinski definition) is 6. The Morgan fingerprint density at radius 2 is 2.20 bits per heavy atom. The Kier molecular flexibility index (Phi) is 3.84. The lowest BCUT2D eigenvalue weighted by molar-refractivity contribution is 1.03. The molecule has 3 aromatic heterocycles. The van der Waals surface area contributed by atoms with Crippen LogP contribution in [-0.4, -0.2) is 23.6 Å². The maximum absolute atomic E-state index is 4.53. The molecule has 3 rings (SSSR count). The lowest BCUT2D eigenvalue weighted by Gasteiger charge is -2.07. The topological polar surface area (TPSA) is 49.8 Å². The van der Waals surface area contributed by atoms with Gasteiger partial charge in [-0.2, -0.15) is 4.98 Å². The van der Waals surface area contributed by atoms with Gasteiger partial charge in [-0.15, -0.1) is 22.7 Å². The number of fused-ring (bicyclic) bond motifs is 1. The van der Waals surface area contributed by atoms with E-state index in [-0.39, 0.29) is 0 Å². The number of thiophene rings is 2. The van der Waals surface area contributed by atoms with E-state index in [0.29, 0.717) is 5.95 Å². The largest absolute Gasteiger partial charge is 0.369 e. The van der Waals surface area contributed by atoms with Gasteiger partial charge in [0.1, 0.15) is 10.6 Å². The summed E-state index contributed by atoms with van der Waals surface area (Å²) >= 11 is 3.49. The zero-order valence-corrected chi connectivity index (χ0v) is 13.1. The summed E-state index contributed by atoms with van der Waals surface area (Å²) in [5, 5.41) is 9.68. The lowest BCUT2D eigenvalue weighted by Crippen LogP contribution is -2.07. The first-order valence-corrected chi connectivity index (χ1v) is 8.18. The highest BCUT2D eigenvalue weighted by atomic mass is 32.1. The Labute approximate surface area is 125 Å². The van der Waals surface area contributed by atoms with Gasteiger partial charge in [-0.3, -0.25) is 0 Å². The molecule has 0 bridgehead atoms. The van der Waals surface area contributed by atoms with E-state index in [1.165, 1.54) is 9.75 Å². The second-order valence-electron chi connectivity index (χ2n) is 4.48. The van der Waals surface area contributed by atoms with E-state index in [1.54, 1.807) is 22.7 Å². The lowest BCUT2D eigenvalue weighted by atomic mass is 10.3. The van der Waals surface area contributed by atoms with E-state index in [1.807, 2.05) is 7.05 Å². The van der Waals surface area contributed by atoms with Crippen molar-refractivity contribution >= 4 is 44.7 Å². The molecule has 0 aromatic carbocycles. The second-order valence-corrected chi connectivity index (χ2v) is 6.74. The summed E-state index contributed by atoms with van der Waals surface area (Å²) in [6.07, 6.45) is 1.02. The van der Waals surface area contributed by atoms with Crippen LogP contribution in [0.25, 0.3) is 10.2 Å². The molecule has 104 valence electrons. The minimum absolute atomic E-state index is 0.665. The Morgan fingerprint density at radius 1 is 1.30 bits per heavy atom. The fraction of sp³-hybridized carbons (Fsp3) is 0.286. The maximum atomic E-state index is 4.53. The molecule has 0 unspecified atom stereocenters. The van der Waals surface area contributed by atoms with E-state index in [4.69, 9.17) is 0 Å². The van der Waals surface area contributed by atoms with Crippen LogP contribution in [0.3, 0.4) is 0 Å². The normalized spacial score (nSPS) is 10.9.